The molecule has 0 bridgehead atoms. The Bertz CT molecular complexity index is 698. The summed E-state index contributed by atoms with van der Waals surface area (Å²) >= 11 is 0. The molecule has 0 unspecified atom stereocenters. The van der Waals surface area contributed by atoms with Gasteiger partial charge in [0.1, 0.15) is 30.3 Å². The van der Waals surface area contributed by atoms with Crippen molar-refractivity contribution in [3.8, 4) is 0 Å². The fraction of sp³-hybridized carbons (Fsp3) is 0.625. The van der Waals surface area contributed by atoms with Crippen LogP contribution in [0.5, 0.6) is 0 Å². The van der Waals surface area contributed by atoms with Crippen LogP contribution in [0.15, 0.2) is 18.6 Å². The molecule has 7 heteroatoms. The second kappa shape index (κ2) is 5.83. The Labute approximate surface area is 133 Å². The molecule has 2 fully saturated rings. The number of nitrogens with zero attached hydrogens (tertiary/aromatic N) is 3. The molecule has 1 saturated heterocycles. The van der Waals surface area contributed by atoms with Gasteiger partial charge >= 0.3 is 0 Å². The lowest BCUT2D eigenvalue weighted by atomic mass is 10.0. The standard InChI is InChI=1S/C16H21N3O4/c20-7-11-13(21)14(22)16(23-11)19-6-5-10-12(9-3-1-2-4-9)17-8-18-15(10)19/h5-6,8-9,11,13-14,16,20-22H,1-4,7H2/t11-,13-,14-,16-/m1/s1. The van der Waals surface area contributed by atoms with Crippen molar-refractivity contribution in [1.29, 1.82) is 0 Å². The molecule has 0 spiro atoms. The first-order valence-corrected chi connectivity index (χ1v) is 8.14. The quantitative estimate of drug-likeness (QED) is 0.770. The summed E-state index contributed by atoms with van der Waals surface area (Å²) in [6.45, 7) is -0.337. The number of aliphatic hydroxyl groups excluding tert-OH is 3. The first kappa shape index (κ1) is 15.0. The first-order valence-electron chi connectivity index (χ1n) is 8.14. The smallest absolute Gasteiger partial charge is 0.164 e. The number of hydrogen-bond acceptors (Lipinski definition) is 6. The van der Waals surface area contributed by atoms with E-state index in [4.69, 9.17) is 4.74 Å². The third-order valence-electron chi connectivity index (χ3n) is 5.07. The van der Waals surface area contributed by atoms with Gasteiger partial charge in [0.05, 0.1) is 12.3 Å². The Morgan fingerprint density at radius 1 is 1.17 bits per heavy atom. The molecule has 0 aromatic carbocycles. The molecule has 0 amide bonds. The van der Waals surface area contributed by atoms with E-state index in [1.54, 1.807) is 17.1 Å². The maximum Gasteiger partial charge on any atom is 0.164 e. The molecular weight excluding hydrogens is 298 g/mol. The molecule has 23 heavy (non-hydrogen) atoms. The lowest BCUT2D eigenvalue weighted by molar-refractivity contribution is -0.0508. The minimum atomic E-state index is -1.11. The molecular formula is C16H21N3O4. The van der Waals surface area contributed by atoms with Crippen molar-refractivity contribution in [2.45, 2.75) is 56.1 Å². The van der Waals surface area contributed by atoms with Crippen LogP contribution in [0.2, 0.25) is 0 Å². The van der Waals surface area contributed by atoms with Gasteiger partial charge in [0, 0.05) is 17.5 Å². The highest BCUT2D eigenvalue weighted by molar-refractivity contribution is 5.79. The summed E-state index contributed by atoms with van der Waals surface area (Å²) in [6, 6.07) is 1.94. The molecule has 3 heterocycles. The van der Waals surface area contributed by atoms with Crippen LogP contribution in [-0.2, 0) is 4.74 Å². The van der Waals surface area contributed by atoms with Gasteiger partial charge in [0.2, 0.25) is 0 Å². The minimum absolute atomic E-state index is 0.337. The normalized spacial score (nSPS) is 32.1. The largest absolute Gasteiger partial charge is 0.394 e. The van der Waals surface area contributed by atoms with E-state index in [1.165, 1.54) is 12.8 Å². The Morgan fingerprint density at radius 3 is 2.65 bits per heavy atom. The highest BCUT2D eigenvalue weighted by Gasteiger charge is 2.43. The van der Waals surface area contributed by atoms with Gasteiger partial charge in [-0.3, -0.25) is 0 Å². The zero-order chi connectivity index (χ0) is 16.0. The predicted octanol–water partition coefficient (Wildman–Crippen LogP) is 0.700. The highest BCUT2D eigenvalue weighted by atomic mass is 16.6. The molecule has 1 aliphatic heterocycles. The molecule has 2 aromatic heterocycles. The second-order valence-electron chi connectivity index (χ2n) is 6.43. The highest BCUT2D eigenvalue weighted by Crippen LogP contribution is 2.38. The van der Waals surface area contributed by atoms with Gasteiger partial charge in [-0.1, -0.05) is 12.8 Å². The van der Waals surface area contributed by atoms with Crippen molar-refractivity contribution in [1.82, 2.24) is 14.5 Å². The van der Waals surface area contributed by atoms with E-state index in [0.29, 0.717) is 11.6 Å². The summed E-state index contributed by atoms with van der Waals surface area (Å²) in [5.41, 5.74) is 1.75. The van der Waals surface area contributed by atoms with Crippen LogP contribution in [0, 0.1) is 0 Å². The molecule has 124 valence electrons. The number of hydrogen-bond donors (Lipinski definition) is 3. The molecule has 3 N–H and O–H groups in total. The van der Waals surface area contributed by atoms with Crippen molar-refractivity contribution in [2.24, 2.45) is 0 Å². The maximum atomic E-state index is 10.2. The summed E-state index contributed by atoms with van der Waals surface area (Å²) in [5, 5.41) is 30.4. The molecule has 0 radical (unpaired) electrons. The topological polar surface area (TPSA) is 101 Å². The van der Waals surface area contributed by atoms with Crippen molar-refractivity contribution < 1.29 is 20.1 Å². The molecule has 4 rings (SSSR count). The van der Waals surface area contributed by atoms with Gasteiger partial charge in [0.15, 0.2) is 6.23 Å². The van der Waals surface area contributed by atoms with Gasteiger partial charge in [-0.25, -0.2) is 9.97 Å². The molecule has 7 nitrogen and oxygen atoms in total. The van der Waals surface area contributed by atoms with Crippen LogP contribution in [0.3, 0.4) is 0 Å². The summed E-state index contributed by atoms with van der Waals surface area (Å²) < 4.78 is 7.33. The lowest BCUT2D eigenvalue weighted by Gasteiger charge is -2.17. The number of aromatic nitrogens is 3. The van der Waals surface area contributed by atoms with Crippen molar-refractivity contribution in [2.75, 3.05) is 6.61 Å². The van der Waals surface area contributed by atoms with E-state index in [9.17, 15) is 15.3 Å². The van der Waals surface area contributed by atoms with Crippen LogP contribution in [0.25, 0.3) is 11.0 Å². The summed E-state index contributed by atoms with van der Waals surface area (Å²) in [5.74, 6) is 0.460. The average Bonchev–Trinajstić information content (AvgIpc) is 3.28. The fourth-order valence-electron chi connectivity index (χ4n) is 3.83. The third-order valence-corrected chi connectivity index (χ3v) is 5.07. The fourth-order valence-corrected chi connectivity index (χ4v) is 3.83. The Hall–Kier alpha value is -1.54. The first-order chi connectivity index (χ1) is 11.2. The maximum absolute atomic E-state index is 10.2. The van der Waals surface area contributed by atoms with Crippen LogP contribution in [-0.4, -0.2) is 54.8 Å². The predicted molar refractivity (Wildman–Crippen MR) is 81.7 cm³/mol. The molecule has 2 aromatic rings. The second-order valence-corrected chi connectivity index (χ2v) is 6.43. The Balaban J connectivity index is 1.73. The van der Waals surface area contributed by atoms with Gasteiger partial charge in [0.25, 0.3) is 0 Å². The number of fused-ring (bicyclic) bond motifs is 1. The lowest BCUT2D eigenvalue weighted by Crippen LogP contribution is -2.33. The van der Waals surface area contributed by atoms with Crippen LogP contribution in [0.4, 0.5) is 0 Å². The van der Waals surface area contributed by atoms with Crippen LogP contribution in [0.1, 0.15) is 43.5 Å². The van der Waals surface area contributed by atoms with E-state index in [2.05, 4.69) is 9.97 Å². The molecule has 2 aliphatic rings. The van der Waals surface area contributed by atoms with Crippen LogP contribution < -0.4 is 0 Å². The van der Waals surface area contributed by atoms with E-state index < -0.39 is 24.5 Å². The summed E-state index contributed by atoms with van der Waals surface area (Å²) in [6.07, 6.45) is 4.33. The van der Waals surface area contributed by atoms with E-state index >= 15 is 0 Å². The Kier molecular flexibility index (Phi) is 3.81. The zero-order valence-corrected chi connectivity index (χ0v) is 12.7. The summed E-state index contributed by atoms with van der Waals surface area (Å²) in [4.78, 5) is 8.82. The summed E-state index contributed by atoms with van der Waals surface area (Å²) in [7, 11) is 0. The van der Waals surface area contributed by atoms with E-state index in [1.807, 2.05) is 6.07 Å². The van der Waals surface area contributed by atoms with Crippen molar-refractivity contribution >= 4 is 11.0 Å². The van der Waals surface area contributed by atoms with Crippen molar-refractivity contribution in [3.63, 3.8) is 0 Å². The number of ether oxygens (including phenoxy) is 1. The zero-order valence-electron chi connectivity index (χ0n) is 12.7. The monoisotopic (exact) mass is 319 g/mol. The van der Waals surface area contributed by atoms with E-state index in [-0.39, 0.29) is 6.61 Å². The van der Waals surface area contributed by atoms with E-state index in [0.717, 1.165) is 23.9 Å². The SMILES string of the molecule is OC[C@H]1O[C@@H](n2ccc3c(C4CCCC4)ncnc32)[C@H](O)[C@@H]1O. The minimum Gasteiger partial charge on any atom is -0.394 e. The number of aliphatic hydroxyl groups is 3. The van der Waals surface area contributed by atoms with Gasteiger partial charge in [-0.05, 0) is 18.9 Å². The third kappa shape index (κ3) is 2.35. The van der Waals surface area contributed by atoms with Crippen molar-refractivity contribution in [3.05, 3.63) is 24.3 Å². The number of rotatable bonds is 3. The Morgan fingerprint density at radius 2 is 1.96 bits per heavy atom. The average molecular weight is 319 g/mol. The molecule has 1 saturated carbocycles. The van der Waals surface area contributed by atoms with Gasteiger partial charge in [-0.15, -0.1) is 0 Å². The molecule has 1 aliphatic carbocycles. The molecule has 4 atom stereocenters. The van der Waals surface area contributed by atoms with Crippen LogP contribution >= 0.6 is 0 Å². The van der Waals surface area contributed by atoms with Gasteiger partial charge < -0.3 is 24.6 Å². The van der Waals surface area contributed by atoms with Gasteiger partial charge in [-0.2, -0.15) is 0 Å².